The van der Waals surface area contributed by atoms with Crippen LogP contribution in [-0.4, -0.2) is 37.4 Å². The Bertz CT molecular complexity index is 501. The topological polar surface area (TPSA) is 49.8 Å². The summed E-state index contributed by atoms with van der Waals surface area (Å²) in [6.45, 7) is 4.46. The van der Waals surface area contributed by atoms with Gasteiger partial charge < -0.3 is 14.7 Å². The molecule has 0 aliphatic heterocycles. The average Bonchev–Trinajstić information content (AvgIpc) is 2.37. The molecule has 1 N–H and O–H groups in total. The molecule has 0 saturated heterocycles. The van der Waals surface area contributed by atoms with Gasteiger partial charge in [0.25, 0.3) is 0 Å². The Balaban J connectivity index is 3.28. The standard InChI is InChI=1S/C14H18F3NO3/c1-9(2)18(6-7-21-3)10-4-5-11(13(19)20)12(8-10)14(15,16)17/h4-5,8-9H,6-7H2,1-3H3,(H,19,20). The van der Waals surface area contributed by atoms with E-state index < -0.39 is 23.3 Å². The van der Waals surface area contributed by atoms with Crippen molar-refractivity contribution in [2.24, 2.45) is 0 Å². The lowest BCUT2D eigenvalue weighted by molar-refractivity contribution is -0.138. The second-order valence-corrected chi connectivity index (χ2v) is 4.81. The summed E-state index contributed by atoms with van der Waals surface area (Å²) < 4.78 is 43.9. The van der Waals surface area contributed by atoms with E-state index in [-0.39, 0.29) is 6.04 Å². The van der Waals surface area contributed by atoms with Crippen molar-refractivity contribution >= 4 is 11.7 Å². The van der Waals surface area contributed by atoms with E-state index in [2.05, 4.69) is 0 Å². The highest BCUT2D eigenvalue weighted by Crippen LogP contribution is 2.35. The summed E-state index contributed by atoms with van der Waals surface area (Å²) >= 11 is 0. The molecule has 0 unspecified atom stereocenters. The molecule has 0 heterocycles. The largest absolute Gasteiger partial charge is 0.478 e. The molecule has 118 valence electrons. The van der Waals surface area contributed by atoms with Crippen molar-refractivity contribution in [3.8, 4) is 0 Å². The first-order chi connectivity index (χ1) is 9.68. The number of ether oxygens (including phenoxy) is 1. The first-order valence-corrected chi connectivity index (χ1v) is 6.38. The summed E-state index contributed by atoms with van der Waals surface area (Å²) in [5.74, 6) is -1.60. The number of halogens is 3. The Labute approximate surface area is 121 Å². The molecule has 0 atom stereocenters. The molecule has 0 radical (unpaired) electrons. The Morgan fingerprint density at radius 1 is 1.38 bits per heavy atom. The first kappa shape index (κ1) is 17.3. The number of alkyl halides is 3. The van der Waals surface area contributed by atoms with Crippen molar-refractivity contribution in [3.05, 3.63) is 29.3 Å². The van der Waals surface area contributed by atoms with Crippen molar-refractivity contribution in [1.82, 2.24) is 0 Å². The molecule has 0 amide bonds. The number of rotatable bonds is 6. The van der Waals surface area contributed by atoms with Crippen LogP contribution in [-0.2, 0) is 10.9 Å². The van der Waals surface area contributed by atoms with Crippen LogP contribution in [0.4, 0.5) is 18.9 Å². The number of methoxy groups -OCH3 is 1. The third-order valence-corrected chi connectivity index (χ3v) is 3.03. The molecule has 0 aliphatic rings. The monoisotopic (exact) mass is 305 g/mol. The van der Waals surface area contributed by atoms with E-state index in [1.54, 1.807) is 4.90 Å². The number of aromatic carboxylic acids is 1. The molecule has 1 rings (SSSR count). The van der Waals surface area contributed by atoms with Crippen molar-refractivity contribution < 1.29 is 27.8 Å². The Hall–Kier alpha value is -1.76. The second-order valence-electron chi connectivity index (χ2n) is 4.81. The van der Waals surface area contributed by atoms with Crippen LogP contribution < -0.4 is 4.90 Å². The van der Waals surface area contributed by atoms with E-state index in [0.717, 1.165) is 12.1 Å². The molecule has 4 nitrogen and oxygen atoms in total. The highest BCUT2D eigenvalue weighted by molar-refractivity contribution is 5.90. The van der Waals surface area contributed by atoms with E-state index in [9.17, 15) is 18.0 Å². The summed E-state index contributed by atoms with van der Waals surface area (Å²) in [6.07, 6.45) is -4.71. The maximum atomic E-state index is 13.0. The van der Waals surface area contributed by atoms with E-state index in [1.807, 2.05) is 13.8 Å². The van der Waals surface area contributed by atoms with Crippen LogP contribution in [0.15, 0.2) is 18.2 Å². The van der Waals surface area contributed by atoms with Gasteiger partial charge in [-0.15, -0.1) is 0 Å². The maximum absolute atomic E-state index is 13.0. The number of benzene rings is 1. The fourth-order valence-corrected chi connectivity index (χ4v) is 2.01. The first-order valence-electron chi connectivity index (χ1n) is 6.38. The molecule has 0 fully saturated rings. The van der Waals surface area contributed by atoms with E-state index in [1.165, 1.54) is 13.2 Å². The Morgan fingerprint density at radius 2 is 2.00 bits per heavy atom. The van der Waals surface area contributed by atoms with Gasteiger partial charge in [0.15, 0.2) is 0 Å². The number of nitrogens with zero attached hydrogens (tertiary/aromatic N) is 1. The lowest BCUT2D eigenvalue weighted by Gasteiger charge is -2.29. The third kappa shape index (κ3) is 4.35. The minimum atomic E-state index is -4.71. The van der Waals surface area contributed by atoms with Gasteiger partial charge in [0, 0.05) is 25.4 Å². The summed E-state index contributed by atoms with van der Waals surface area (Å²) in [5, 5.41) is 8.88. The molecular weight excluding hydrogens is 287 g/mol. The zero-order valence-electron chi connectivity index (χ0n) is 12.1. The molecule has 0 saturated carbocycles. The van der Waals surface area contributed by atoms with Crippen molar-refractivity contribution in [2.45, 2.75) is 26.1 Å². The molecule has 21 heavy (non-hydrogen) atoms. The highest BCUT2D eigenvalue weighted by Gasteiger charge is 2.36. The van der Waals surface area contributed by atoms with E-state index >= 15 is 0 Å². The zero-order chi connectivity index (χ0) is 16.2. The van der Waals surface area contributed by atoms with Gasteiger partial charge in [-0.2, -0.15) is 13.2 Å². The molecule has 0 bridgehead atoms. The van der Waals surface area contributed by atoms with Crippen LogP contribution in [0.25, 0.3) is 0 Å². The summed E-state index contributed by atoms with van der Waals surface area (Å²) in [7, 11) is 1.51. The van der Waals surface area contributed by atoms with Crippen LogP contribution >= 0.6 is 0 Å². The van der Waals surface area contributed by atoms with E-state index in [0.29, 0.717) is 18.8 Å². The van der Waals surface area contributed by atoms with Crippen LogP contribution in [0, 0.1) is 0 Å². The fourth-order valence-electron chi connectivity index (χ4n) is 2.01. The van der Waals surface area contributed by atoms with Gasteiger partial charge in [0.2, 0.25) is 0 Å². The summed E-state index contributed by atoms with van der Waals surface area (Å²) in [6, 6.07) is 3.20. The second kappa shape index (κ2) is 6.80. The SMILES string of the molecule is COCCN(c1ccc(C(=O)O)c(C(F)(F)F)c1)C(C)C. The third-order valence-electron chi connectivity index (χ3n) is 3.03. The van der Waals surface area contributed by atoms with Gasteiger partial charge in [-0.1, -0.05) is 0 Å². The molecule has 7 heteroatoms. The molecule has 1 aromatic rings. The minimum absolute atomic E-state index is 0.0445. The average molecular weight is 305 g/mol. The Morgan fingerprint density at radius 3 is 2.43 bits per heavy atom. The molecule has 0 spiro atoms. The Kier molecular flexibility index (Phi) is 5.60. The number of anilines is 1. The predicted molar refractivity (Wildman–Crippen MR) is 72.8 cm³/mol. The quantitative estimate of drug-likeness (QED) is 0.876. The summed E-state index contributed by atoms with van der Waals surface area (Å²) in [4.78, 5) is 12.6. The van der Waals surface area contributed by atoms with Crippen LogP contribution in [0.1, 0.15) is 29.8 Å². The number of carbonyl (C=O) groups is 1. The smallest absolute Gasteiger partial charge is 0.417 e. The van der Waals surface area contributed by atoms with Crippen LogP contribution in [0.3, 0.4) is 0 Å². The van der Waals surface area contributed by atoms with Crippen molar-refractivity contribution in [2.75, 3.05) is 25.2 Å². The molecule has 1 aromatic carbocycles. The van der Waals surface area contributed by atoms with Gasteiger partial charge in [0.05, 0.1) is 17.7 Å². The lowest BCUT2D eigenvalue weighted by Crippen LogP contribution is -2.34. The normalized spacial score (nSPS) is 11.8. The van der Waals surface area contributed by atoms with E-state index in [4.69, 9.17) is 9.84 Å². The van der Waals surface area contributed by atoms with Gasteiger partial charge in [0.1, 0.15) is 0 Å². The maximum Gasteiger partial charge on any atom is 0.417 e. The fraction of sp³-hybridized carbons (Fsp3) is 0.500. The van der Waals surface area contributed by atoms with Crippen LogP contribution in [0.2, 0.25) is 0 Å². The number of hydrogen-bond donors (Lipinski definition) is 1. The van der Waals surface area contributed by atoms with Crippen molar-refractivity contribution in [3.63, 3.8) is 0 Å². The van der Waals surface area contributed by atoms with Gasteiger partial charge in [-0.3, -0.25) is 0 Å². The predicted octanol–water partition coefficient (Wildman–Crippen LogP) is 3.26. The zero-order valence-corrected chi connectivity index (χ0v) is 12.1. The van der Waals surface area contributed by atoms with Gasteiger partial charge >= 0.3 is 12.1 Å². The number of carboxylic acids is 1. The number of carboxylic acid groups (broad SMARTS) is 1. The van der Waals surface area contributed by atoms with Gasteiger partial charge in [-0.05, 0) is 32.0 Å². The van der Waals surface area contributed by atoms with Crippen LogP contribution in [0.5, 0.6) is 0 Å². The van der Waals surface area contributed by atoms with Gasteiger partial charge in [-0.25, -0.2) is 4.79 Å². The number of hydrogen-bond acceptors (Lipinski definition) is 3. The summed E-state index contributed by atoms with van der Waals surface area (Å²) in [5.41, 5.74) is -1.57. The minimum Gasteiger partial charge on any atom is -0.478 e. The molecule has 0 aromatic heterocycles. The highest BCUT2D eigenvalue weighted by atomic mass is 19.4. The molecular formula is C14H18F3NO3. The lowest BCUT2D eigenvalue weighted by atomic mass is 10.0. The van der Waals surface area contributed by atoms with Crippen molar-refractivity contribution in [1.29, 1.82) is 0 Å². The molecule has 0 aliphatic carbocycles.